The third-order valence-electron chi connectivity index (χ3n) is 3.29. The summed E-state index contributed by atoms with van der Waals surface area (Å²) in [4.78, 5) is 16.8. The Hall–Kier alpha value is -2.04. The Bertz CT molecular complexity index is 525. The molecule has 18 heavy (non-hydrogen) atoms. The fourth-order valence-electron chi connectivity index (χ4n) is 2.45. The van der Waals surface area contributed by atoms with Crippen LogP contribution in [0.15, 0.2) is 29.4 Å². The number of benzene rings is 1. The monoisotopic (exact) mass is 246 g/mol. The molecule has 0 N–H and O–H groups in total. The molecule has 0 aromatic heterocycles. The van der Waals surface area contributed by atoms with E-state index in [0.29, 0.717) is 0 Å². The average Bonchev–Trinajstić information content (AvgIpc) is 2.61. The molecule has 1 aromatic rings. The van der Waals surface area contributed by atoms with Gasteiger partial charge in [-0.3, -0.25) is 4.79 Å². The minimum Gasteiger partial charge on any atom is -0.383 e. The molecule has 0 saturated heterocycles. The predicted octanol–water partition coefficient (Wildman–Crippen LogP) is 1.86. The van der Waals surface area contributed by atoms with Gasteiger partial charge in [-0.15, -0.1) is 0 Å². The molecule has 1 aromatic carbocycles. The third-order valence-corrected chi connectivity index (χ3v) is 3.29. The van der Waals surface area contributed by atoms with Crippen LogP contribution in [0.1, 0.15) is 5.56 Å². The van der Waals surface area contributed by atoms with E-state index < -0.39 is 5.41 Å². The first-order valence-corrected chi connectivity index (χ1v) is 5.55. The normalized spacial score (nSPS) is 21.7. The number of hydrogen-bond acceptors (Lipinski definition) is 3. The number of methoxy groups -OCH3 is 1. The molecule has 2 rings (SSSR count). The van der Waals surface area contributed by atoms with Crippen molar-refractivity contribution in [2.75, 3.05) is 32.2 Å². The van der Waals surface area contributed by atoms with Gasteiger partial charge in [0.25, 0.3) is 0 Å². The van der Waals surface area contributed by atoms with Gasteiger partial charge < -0.3 is 9.64 Å². The van der Waals surface area contributed by atoms with Crippen LogP contribution in [0.3, 0.4) is 0 Å². The molecule has 0 spiro atoms. The second-order valence-electron chi connectivity index (χ2n) is 4.29. The summed E-state index contributed by atoms with van der Waals surface area (Å²) in [7, 11) is 3.25. The molecular weight excluding hydrogens is 232 g/mol. The van der Waals surface area contributed by atoms with Crippen LogP contribution in [0, 0.1) is 0 Å². The van der Waals surface area contributed by atoms with Crippen molar-refractivity contribution in [2.24, 2.45) is 5.11 Å². The van der Waals surface area contributed by atoms with Crippen molar-refractivity contribution < 1.29 is 9.53 Å². The van der Waals surface area contributed by atoms with E-state index in [0.717, 1.165) is 11.3 Å². The number of amides is 1. The fraction of sp³-hybridized carbons (Fsp3) is 0.417. The van der Waals surface area contributed by atoms with E-state index in [2.05, 4.69) is 10.0 Å². The van der Waals surface area contributed by atoms with E-state index >= 15 is 0 Å². The van der Waals surface area contributed by atoms with Crippen LogP contribution < -0.4 is 4.90 Å². The van der Waals surface area contributed by atoms with Crippen molar-refractivity contribution in [1.29, 1.82) is 0 Å². The van der Waals surface area contributed by atoms with Crippen molar-refractivity contribution >= 4 is 11.6 Å². The maximum absolute atomic E-state index is 12.4. The number of fused-ring (bicyclic) bond motifs is 1. The Morgan fingerprint density at radius 2 is 2.22 bits per heavy atom. The highest BCUT2D eigenvalue weighted by atomic mass is 16.5. The van der Waals surface area contributed by atoms with Gasteiger partial charge >= 0.3 is 0 Å². The molecule has 0 bridgehead atoms. The lowest BCUT2D eigenvalue weighted by molar-refractivity contribution is -0.124. The second-order valence-corrected chi connectivity index (χ2v) is 4.29. The minimum absolute atomic E-state index is 0.0670. The number of hydrogen-bond donors (Lipinski definition) is 0. The number of para-hydroxylation sites is 1. The first-order chi connectivity index (χ1) is 8.67. The fourth-order valence-corrected chi connectivity index (χ4v) is 2.45. The molecule has 0 radical (unpaired) electrons. The molecular formula is C12H14N4O2. The molecule has 6 heteroatoms. The minimum atomic E-state index is -0.897. The Morgan fingerprint density at radius 3 is 2.89 bits per heavy atom. The highest BCUT2D eigenvalue weighted by Crippen LogP contribution is 2.41. The van der Waals surface area contributed by atoms with E-state index in [-0.39, 0.29) is 19.1 Å². The quantitative estimate of drug-likeness (QED) is 0.461. The van der Waals surface area contributed by atoms with Crippen LogP contribution in [0.4, 0.5) is 5.69 Å². The molecule has 1 amide bonds. The summed E-state index contributed by atoms with van der Waals surface area (Å²) < 4.78 is 5.17. The highest BCUT2D eigenvalue weighted by molar-refractivity contribution is 6.08. The molecule has 1 aliphatic heterocycles. The van der Waals surface area contributed by atoms with Gasteiger partial charge in [0, 0.05) is 31.3 Å². The van der Waals surface area contributed by atoms with Gasteiger partial charge in [0.05, 0.1) is 6.61 Å². The number of nitrogens with zero attached hydrogens (tertiary/aromatic N) is 4. The molecule has 0 fully saturated rings. The Labute approximate surface area is 105 Å². The molecule has 0 saturated carbocycles. The molecule has 6 nitrogen and oxygen atoms in total. The Kier molecular flexibility index (Phi) is 3.23. The summed E-state index contributed by atoms with van der Waals surface area (Å²) in [6.07, 6.45) is 0. The number of azide groups is 1. The van der Waals surface area contributed by atoms with Crippen LogP contribution in [0.5, 0.6) is 0 Å². The summed E-state index contributed by atoms with van der Waals surface area (Å²) in [5, 5.41) is 3.58. The summed E-state index contributed by atoms with van der Waals surface area (Å²) >= 11 is 0. The van der Waals surface area contributed by atoms with Gasteiger partial charge in [0.15, 0.2) is 0 Å². The zero-order valence-corrected chi connectivity index (χ0v) is 10.3. The largest absolute Gasteiger partial charge is 0.383 e. The van der Waals surface area contributed by atoms with E-state index in [9.17, 15) is 4.79 Å². The predicted molar refractivity (Wildman–Crippen MR) is 67.4 cm³/mol. The summed E-state index contributed by atoms with van der Waals surface area (Å²) in [6.45, 7) is 0.268. The van der Waals surface area contributed by atoms with Crippen LogP contribution >= 0.6 is 0 Å². The first-order valence-electron chi connectivity index (χ1n) is 5.55. The summed E-state index contributed by atoms with van der Waals surface area (Å²) in [5.41, 5.74) is 9.30. The van der Waals surface area contributed by atoms with Crippen molar-refractivity contribution in [3.8, 4) is 0 Å². The van der Waals surface area contributed by atoms with E-state index in [4.69, 9.17) is 10.3 Å². The lowest BCUT2D eigenvalue weighted by Gasteiger charge is -2.25. The number of ether oxygens (including phenoxy) is 1. The topological polar surface area (TPSA) is 78.3 Å². The number of rotatable bonds is 4. The molecule has 0 aliphatic carbocycles. The molecule has 1 heterocycles. The van der Waals surface area contributed by atoms with Crippen LogP contribution in [0.2, 0.25) is 0 Å². The van der Waals surface area contributed by atoms with Crippen molar-refractivity contribution in [3.05, 3.63) is 40.3 Å². The molecule has 94 valence electrons. The lowest BCUT2D eigenvalue weighted by atomic mass is 9.82. The SMILES string of the molecule is COCC1(CN=[N+]=[N-])C(=O)N(C)c2ccccc21. The molecule has 1 aliphatic rings. The van der Waals surface area contributed by atoms with E-state index in [1.165, 1.54) is 7.11 Å². The summed E-state index contributed by atoms with van der Waals surface area (Å²) in [5.74, 6) is -0.0991. The molecule has 1 atom stereocenters. The molecule has 1 unspecified atom stereocenters. The van der Waals surface area contributed by atoms with Gasteiger partial charge in [-0.25, -0.2) is 0 Å². The van der Waals surface area contributed by atoms with Crippen molar-refractivity contribution in [2.45, 2.75) is 5.41 Å². The average molecular weight is 246 g/mol. The Morgan fingerprint density at radius 1 is 1.50 bits per heavy atom. The van der Waals surface area contributed by atoms with Gasteiger partial charge in [0.1, 0.15) is 5.41 Å². The van der Waals surface area contributed by atoms with Crippen LogP contribution in [-0.2, 0) is 14.9 Å². The van der Waals surface area contributed by atoms with Gasteiger partial charge in [-0.2, -0.15) is 0 Å². The lowest BCUT2D eigenvalue weighted by Crippen LogP contribution is -2.44. The summed E-state index contributed by atoms with van der Waals surface area (Å²) in [6, 6.07) is 7.49. The highest BCUT2D eigenvalue weighted by Gasteiger charge is 2.49. The van der Waals surface area contributed by atoms with Crippen LogP contribution in [-0.4, -0.2) is 33.2 Å². The number of carbonyl (C=O) groups is 1. The number of anilines is 1. The third kappa shape index (κ3) is 1.63. The second kappa shape index (κ2) is 4.68. The van der Waals surface area contributed by atoms with Crippen molar-refractivity contribution in [1.82, 2.24) is 0 Å². The zero-order chi connectivity index (χ0) is 13.2. The number of carbonyl (C=O) groups excluding carboxylic acids is 1. The smallest absolute Gasteiger partial charge is 0.239 e. The van der Waals surface area contributed by atoms with E-state index in [1.807, 2.05) is 24.3 Å². The number of likely N-dealkylation sites (N-methyl/N-ethyl adjacent to an activating group) is 1. The van der Waals surface area contributed by atoms with Gasteiger partial charge in [-0.05, 0) is 17.2 Å². The first kappa shape index (κ1) is 12.4. The van der Waals surface area contributed by atoms with Gasteiger partial charge in [-0.1, -0.05) is 23.3 Å². The van der Waals surface area contributed by atoms with Gasteiger partial charge in [0.2, 0.25) is 5.91 Å². The standard InChI is InChI=1S/C12H14N4O2/c1-16-10-6-4-3-5-9(10)12(8-18-2,11(16)17)7-14-15-13/h3-6H,7-8H2,1-2H3. The maximum Gasteiger partial charge on any atom is 0.239 e. The van der Waals surface area contributed by atoms with Crippen molar-refractivity contribution in [3.63, 3.8) is 0 Å². The maximum atomic E-state index is 12.4. The van der Waals surface area contributed by atoms with Crippen LogP contribution in [0.25, 0.3) is 10.4 Å². The Balaban J connectivity index is 2.58. The van der Waals surface area contributed by atoms with E-state index in [1.54, 1.807) is 11.9 Å². The zero-order valence-electron chi connectivity index (χ0n) is 10.3.